The van der Waals surface area contributed by atoms with Crippen LogP contribution in [0.3, 0.4) is 0 Å². The molecule has 0 spiro atoms. The molecular weight excluding hydrogens is 285 g/mol. The van der Waals surface area contributed by atoms with Gasteiger partial charge in [0.15, 0.2) is 0 Å². The van der Waals surface area contributed by atoms with Crippen molar-refractivity contribution in [3.63, 3.8) is 0 Å². The summed E-state index contributed by atoms with van der Waals surface area (Å²) in [5.74, 6) is 0.497. The quantitative estimate of drug-likeness (QED) is 0.792. The second-order valence-corrected chi connectivity index (χ2v) is 6.24. The van der Waals surface area contributed by atoms with E-state index in [-0.39, 0.29) is 11.9 Å². The van der Waals surface area contributed by atoms with E-state index in [1.54, 1.807) is 0 Å². The zero-order valence-corrected chi connectivity index (χ0v) is 12.8. The molecule has 21 heavy (non-hydrogen) atoms. The highest BCUT2D eigenvalue weighted by Crippen LogP contribution is 2.42. The fourth-order valence-electron chi connectivity index (χ4n) is 2.72. The molecule has 110 valence electrons. The number of benzene rings is 2. The molecule has 0 radical (unpaired) electrons. The molecule has 1 fully saturated rings. The molecule has 2 aromatic carbocycles. The van der Waals surface area contributed by atoms with Crippen molar-refractivity contribution in [1.82, 2.24) is 5.32 Å². The van der Waals surface area contributed by atoms with Crippen molar-refractivity contribution < 1.29 is 4.39 Å². The molecule has 3 heteroatoms. The van der Waals surface area contributed by atoms with Crippen molar-refractivity contribution in [1.29, 1.82) is 0 Å². The zero-order chi connectivity index (χ0) is 14.8. The van der Waals surface area contributed by atoms with E-state index in [4.69, 9.17) is 11.6 Å². The van der Waals surface area contributed by atoms with Gasteiger partial charge in [0, 0.05) is 17.1 Å². The molecule has 1 aliphatic carbocycles. The monoisotopic (exact) mass is 303 g/mol. The maximum Gasteiger partial charge on any atom is 0.123 e. The first-order valence-electron chi connectivity index (χ1n) is 7.40. The van der Waals surface area contributed by atoms with Gasteiger partial charge in [0.2, 0.25) is 0 Å². The molecule has 1 aliphatic rings. The molecule has 0 aromatic heterocycles. The molecule has 0 saturated heterocycles. The zero-order valence-electron chi connectivity index (χ0n) is 12.0. The van der Waals surface area contributed by atoms with Crippen molar-refractivity contribution in [2.45, 2.75) is 31.8 Å². The van der Waals surface area contributed by atoms with Crippen LogP contribution in [-0.4, -0.2) is 0 Å². The Morgan fingerprint density at radius 1 is 1.00 bits per heavy atom. The summed E-state index contributed by atoms with van der Waals surface area (Å²) in [5.41, 5.74) is 2.38. The van der Waals surface area contributed by atoms with Crippen LogP contribution in [0.5, 0.6) is 0 Å². The van der Waals surface area contributed by atoms with E-state index in [0.29, 0.717) is 12.0 Å². The largest absolute Gasteiger partial charge is 0.303 e. The molecule has 0 amide bonds. The summed E-state index contributed by atoms with van der Waals surface area (Å²) in [4.78, 5) is 0. The van der Waals surface area contributed by atoms with Crippen LogP contribution in [0.4, 0.5) is 4.39 Å². The summed E-state index contributed by atoms with van der Waals surface area (Å²) < 4.78 is 13.0. The van der Waals surface area contributed by atoms with E-state index >= 15 is 0 Å². The van der Waals surface area contributed by atoms with E-state index in [1.807, 2.05) is 24.3 Å². The topological polar surface area (TPSA) is 12.0 Å². The Morgan fingerprint density at radius 2 is 1.57 bits per heavy atom. The number of nitrogens with one attached hydrogen (secondary N) is 1. The summed E-state index contributed by atoms with van der Waals surface area (Å²) in [6.07, 6.45) is 2.52. The molecule has 0 aliphatic heterocycles. The molecule has 3 rings (SSSR count). The molecular formula is C18H19ClFN. The SMILES string of the molecule is C[C@@H](NC(c1ccc(Cl)cc1)C1CC1)c1ccc(F)cc1. The van der Waals surface area contributed by atoms with E-state index < -0.39 is 0 Å². The standard InChI is InChI=1S/C18H19ClFN/c1-12(13-6-10-17(20)11-7-13)21-18(14-2-3-14)15-4-8-16(19)9-5-15/h4-12,14,18,21H,2-3H2,1H3/t12-,18?/m1/s1. The number of hydrogen-bond donors (Lipinski definition) is 1. The smallest absolute Gasteiger partial charge is 0.123 e. The van der Waals surface area contributed by atoms with E-state index in [9.17, 15) is 4.39 Å². The summed E-state index contributed by atoms with van der Waals surface area (Å²) in [6.45, 7) is 2.12. The number of halogens is 2. The van der Waals surface area contributed by atoms with Gasteiger partial charge in [0.25, 0.3) is 0 Å². The molecule has 1 saturated carbocycles. The van der Waals surface area contributed by atoms with Crippen molar-refractivity contribution >= 4 is 11.6 Å². The maximum absolute atomic E-state index is 13.0. The molecule has 0 bridgehead atoms. The Balaban J connectivity index is 1.76. The van der Waals surface area contributed by atoms with E-state index in [0.717, 1.165) is 10.6 Å². The van der Waals surface area contributed by atoms with Crippen molar-refractivity contribution in [2.24, 2.45) is 5.92 Å². The summed E-state index contributed by atoms with van der Waals surface area (Å²) in [6, 6.07) is 15.3. The fraction of sp³-hybridized carbons (Fsp3) is 0.333. The second kappa shape index (κ2) is 6.17. The van der Waals surface area contributed by atoms with E-state index in [2.05, 4.69) is 24.4 Å². The van der Waals surface area contributed by atoms with Gasteiger partial charge in [-0.3, -0.25) is 0 Å². The van der Waals surface area contributed by atoms with Crippen molar-refractivity contribution in [3.05, 3.63) is 70.5 Å². The van der Waals surface area contributed by atoms with Crippen molar-refractivity contribution in [3.8, 4) is 0 Å². The third-order valence-corrected chi connectivity index (χ3v) is 4.37. The first-order chi connectivity index (χ1) is 10.1. The van der Waals surface area contributed by atoms with Gasteiger partial charge in [-0.1, -0.05) is 35.9 Å². The lowest BCUT2D eigenvalue weighted by Crippen LogP contribution is -2.26. The summed E-state index contributed by atoms with van der Waals surface area (Å²) in [5, 5.41) is 4.45. The molecule has 2 aromatic rings. The summed E-state index contributed by atoms with van der Waals surface area (Å²) in [7, 11) is 0. The Kier molecular flexibility index (Phi) is 4.27. The Hall–Kier alpha value is -1.38. The van der Waals surface area contributed by atoms with Gasteiger partial charge in [-0.2, -0.15) is 0 Å². The van der Waals surface area contributed by atoms with Crippen LogP contribution in [-0.2, 0) is 0 Å². The minimum atomic E-state index is -0.192. The van der Waals surface area contributed by atoms with Crippen LogP contribution in [0.2, 0.25) is 5.02 Å². The minimum Gasteiger partial charge on any atom is -0.303 e. The molecule has 2 atom stereocenters. The van der Waals surface area contributed by atoms with Crippen molar-refractivity contribution in [2.75, 3.05) is 0 Å². The Morgan fingerprint density at radius 3 is 2.14 bits per heavy atom. The normalized spacial score (nSPS) is 17.5. The maximum atomic E-state index is 13.0. The second-order valence-electron chi connectivity index (χ2n) is 5.81. The third kappa shape index (κ3) is 3.63. The van der Waals surface area contributed by atoms with E-state index in [1.165, 1.54) is 30.5 Å². The lowest BCUT2D eigenvalue weighted by molar-refractivity contribution is 0.427. The van der Waals surface area contributed by atoms with Gasteiger partial charge in [-0.05, 0) is 61.1 Å². The Bertz CT molecular complexity index is 590. The Labute approximate surface area is 130 Å². The molecule has 1 unspecified atom stereocenters. The first kappa shape index (κ1) is 14.6. The average molecular weight is 304 g/mol. The van der Waals surface area contributed by atoms with Crippen LogP contribution in [0.1, 0.15) is 43.0 Å². The highest BCUT2D eigenvalue weighted by molar-refractivity contribution is 6.30. The van der Waals surface area contributed by atoms with Gasteiger partial charge in [0.1, 0.15) is 5.82 Å². The highest BCUT2D eigenvalue weighted by Gasteiger charge is 2.33. The fourth-order valence-corrected chi connectivity index (χ4v) is 2.85. The molecule has 1 N–H and O–H groups in total. The highest BCUT2D eigenvalue weighted by atomic mass is 35.5. The molecule has 1 nitrogen and oxygen atoms in total. The number of rotatable bonds is 5. The minimum absolute atomic E-state index is 0.187. The average Bonchev–Trinajstić information content (AvgIpc) is 3.31. The third-order valence-electron chi connectivity index (χ3n) is 4.12. The van der Waals surface area contributed by atoms with Crippen LogP contribution in [0.15, 0.2) is 48.5 Å². The van der Waals surface area contributed by atoms with Gasteiger partial charge in [-0.15, -0.1) is 0 Å². The van der Waals surface area contributed by atoms with Crippen LogP contribution >= 0.6 is 11.6 Å². The predicted octanol–water partition coefficient (Wildman–Crippen LogP) is 5.28. The molecule has 0 heterocycles. The van der Waals surface area contributed by atoms with Gasteiger partial charge in [-0.25, -0.2) is 4.39 Å². The summed E-state index contributed by atoms with van der Waals surface area (Å²) >= 11 is 5.97. The van der Waals surface area contributed by atoms with Gasteiger partial charge >= 0.3 is 0 Å². The van der Waals surface area contributed by atoms with Crippen LogP contribution in [0.25, 0.3) is 0 Å². The van der Waals surface area contributed by atoms with Crippen LogP contribution < -0.4 is 5.32 Å². The van der Waals surface area contributed by atoms with Gasteiger partial charge < -0.3 is 5.32 Å². The number of hydrogen-bond acceptors (Lipinski definition) is 1. The first-order valence-corrected chi connectivity index (χ1v) is 7.78. The lowest BCUT2D eigenvalue weighted by Gasteiger charge is -2.24. The lowest BCUT2D eigenvalue weighted by atomic mass is 9.99. The van der Waals surface area contributed by atoms with Gasteiger partial charge in [0.05, 0.1) is 0 Å². The van der Waals surface area contributed by atoms with Crippen LogP contribution in [0, 0.1) is 11.7 Å². The predicted molar refractivity (Wildman–Crippen MR) is 84.9 cm³/mol.